The average molecular weight is 459 g/mol. The largest absolute Gasteiger partial charge is 0.481 e. The number of carboxylic acids is 1. The third-order valence-electron chi connectivity index (χ3n) is 6.56. The molecule has 4 heterocycles. The monoisotopic (exact) mass is 458 g/mol. The number of nitrogens with zero attached hydrogens (tertiary/aromatic N) is 3. The highest BCUT2D eigenvalue weighted by atomic mass is 16.5. The molecule has 1 amide bonds. The molecule has 2 N–H and O–H groups in total. The highest BCUT2D eigenvalue weighted by Gasteiger charge is 2.42. The molecule has 0 spiro atoms. The minimum absolute atomic E-state index is 0.0778. The van der Waals surface area contributed by atoms with E-state index < -0.39 is 12.0 Å². The first-order valence-electron chi connectivity index (χ1n) is 11.4. The third-order valence-corrected chi connectivity index (χ3v) is 6.56. The summed E-state index contributed by atoms with van der Waals surface area (Å²) in [7, 11) is 1.52. The number of carbonyl (C=O) groups is 2. The molecule has 2 aliphatic rings. The fourth-order valence-corrected chi connectivity index (χ4v) is 4.64. The average Bonchev–Trinajstić information content (AvgIpc) is 2.87. The Morgan fingerprint density at radius 3 is 2.71 bits per heavy atom. The van der Waals surface area contributed by atoms with Crippen LogP contribution in [0.4, 0.5) is 5.82 Å². The first-order chi connectivity index (χ1) is 16.5. The normalized spacial score (nSPS) is 17.9. The summed E-state index contributed by atoms with van der Waals surface area (Å²) in [6.07, 6.45) is 3.56. The van der Waals surface area contributed by atoms with Gasteiger partial charge in [0, 0.05) is 30.9 Å². The molecule has 2 unspecified atom stereocenters. The van der Waals surface area contributed by atoms with Crippen molar-refractivity contribution in [2.75, 3.05) is 25.5 Å². The van der Waals surface area contributed by atoms with E-state index in [9.17, 15) is 14.7 Å². The molecule has 2 aromatic heterocycles. The number of β-lactam (4-membered cyclic amide) rings is 1. The Bertz CT molecular complexity index is 1210. The molecule has 0 aliphatic carbocycles. The summed E-state index contributed by atoms with van der Waals surface area (Å²) in [5, 5.41) is 12.8. The number of ether oxygens (including phenoxy) is 1. The molecule has 0 radical (unpaired) electrons. The molecule has 5 rings (SSSR count). The van der Waals surface area contributed by atoms with E-state index in [1.807, 2.05) is 30.3 Å². The van der Waals surface area contributed by atoms with Crippen LogP contribution in [0.1, 0.15) is 41.5 Å². The number of anilines is 1. The van der Waals surface area contributed by atoms with E-state index >= 15 is 0 Å². The van der Waals surface area contributed by atoms with E-state index in [0.717, 1.165) is 42.0 Å². The van der Waals surface area contributed by atoms with Crippen molar-refractivity contribution in [3.63, 3.8) is 0 Å². The predicted octanol–water partition coefficient (Wildman–Crippen LogP) is 3.65. The number of aliphatic carboxylic acids is 1. The maximum absolute atomic E-state index is 13.1. The second-order valence-electron chi connectivity index (χ2n) is 8.65. The Kier molecular flexibility index (Phi) is 5.88. The van der Waals surface area contributed by atoms with E-state index in [1.54, 1.807) is 23.2 Å². The van der Waals surface area contributed by atoms with Gasteiger partial charge in [0.25, 0.3) is 0 Å². The van der Waals surface area contributed by atoms with Gasteiger partial charge in [-0.15, -0.1) is 0 Å². The minimum atomic E-state index is -0.964. The van der Waals surface area contributed by atoms with Gasteiger partial charge in [-0.3, -0.25) is 9.59 Å². The van der Waals surface area contributed by atoms with Crippen molar-refractivity contribution >= 4 is 17.7 Å². The van der Waals surface area contributed by atoms with Crippen LogP contribution >= 0.6 is 0 Å². The number of amides is 1. The van der Waals surface area contributed by atoms with Crippen molar-refractivity contribution in [3.8, 4) is 17.1 Å². The number of aryl methyl sites for hydroxylation is 1. The number of hydrogen-bond donors (Lipinski definition) is 2. The van der Waals surface area contributed by atoms with Gasteiger partial charge in [0.05, 0.1) is 31.2 Å². The molecule has 0 saturated carbocycles. The van der Waals surface area contributed by atoms with Gasteiger partial charge in [0.2, 0.25) is 11.8 Å². The van der Waals surface area contributed by atoms with Crippen LogP contribution in [0.2, 0.25) is 0 Å². The summed E-state index contributed by atoms with van der Waals surface area (Å²) >= 11 is 0. The Morgan fingerprint density at radius 2 is 2.03 bits per heavy atom. The number of pyridine rings is 2. The van der Waals surface area contributed by atoms with Crippen LogP contribution in [0.15, 0.2) is 54.7 Å². The Balaban J connectivity index is 1.31. The van der Waals surface area contributed by atoms with Crippen LogP contribution in [-0.4, -0.2) is 52.1 Å². The van der Waals surface area contributed by atoms with Crippen LogP contribution in [0, 0.1) is 0 Å². The number of carbonyl (C=O) groups excluding carboxylic acids is 1. The van der Waals surface area contributed by atoms with E-state index in [0.29, 0.717) is 18.0 Å². The number of benzene rings is 1. The van der Waals surface area contributed by atoms with E-state index in [1.165, 1.54) is 12.7 Å². The number of carboxylic acid groups (broad SMARTS) is 1. The third kappa shape index (κ3) is 4.19. The molecule has 3 aromatic rings. The lowest BCUT2D eigenvalue weighted by molar-refractivity contribution is -0.149. The maximum atomic E-state index is 13.1. The van der Waals surface area contributed by atoms with E-state index in [-0.39, 0.29) is 18.2 Å². The van der Waals surface area contributed by atoms with Crippen LogP contribution in [0.3, 0.4) is 0 Å². The lowest BCUT2D eigenvalue weighted by atomic mass is 9.86. The zero-order valence-corrected chi connectivity index (χ0v) is 18.9. The molecule has 1 fully saturated rings. The topological polar surface area (TPSA) is 105 Å². The lowest BCUT2D eigenvalue weighted by Crippen LogP contribution is -2.52. The number of rotatable bonds is 7. The highest BCUT2D eigenvalue weighted by Crippen LogP contribution is 2.38. The lowest BCUT2D eigenvalue weighted by Gasteiger charge is -2.43. The maximum Gasteiger partial charge on any atom is 0.305 e. The number of fused-ring (bicyclic) bond motifs is 1. The Hall–Kier alpha value is -3.94. The summed E-state index contributed by atoms with van der Waals surface area (Å²) in [5.74, 6) is 0.0687. The molecule has 0 bridgehead atoms. The summed E-state index contributed by atoms with van der Waals surface area (Å²) < 4.78 is 5.08. The fourth-order valence-electron chi connectivity index (χ4n) is 4.64. The fraction of sp³-hybridized carbons (Fsp3) is 0.308. The van der Waals surface area contributed by atoms with Crippen LogP contribution in [0.5, 0.6) is 5.88 Å². The van der Waals surface area contributed by atoms with Gasteiger partial charge in [0.1, 0.15) is 5.82 Å². The number of likely N-dealkylation sites (tertiary alicyclic amines) is 1. The standard InChI is InChI=1S/C26H26N4O4/c1-34-23-11-9-19(14-28-23)22(13-24(31)32)30-15-20(26(30)33)16-4-6-17(7-5-16)21-10-8-18-3-2-12-27-25(18)29-21/h4-11,14,20,22H,2-3,12-13,15H2,1H3,(H,27,29)(H,31,32). The molecular formula is C26H26N4O4. The second kappa shape index (κ2) is 9.13. The predicted molar refractivity (Wildman–Crippen MR) is 127 cm³/mol. The number of aromatic nitrogens is 2. The molecule has 1 aromatic carbocycles. The smallest absolute Gasteiger partial charge is 0.305 e. The molecular weight excluding hydrogens is 432 g/mol. The van der Waals surface area contributed by atoms with Crippen molar-refractivity contribution in [2.45, 2.75) is 31.2 Å². The van der Waals surface area contributed by atoms with Crippen LogP contribution in [-0.2, 0) is 16.0 Å². The van der Waals surface area contributed by atoms with Gasteiger partial charge in [-0.1, -0.05) is 36.4 Å². The second-order valence-corrected chi connectivity index (χ2v) is 8.65. The molecule has 1 saturated heterocycles. The van der Waals surface area contributed by atoms with Crippen LogP contribution < -0.4 is 10.1 Å². The molecule has 2 aliphatic heterocycles. The Morgan fingerprint density at radius 1 is 1.21 bits per heavy atom. The van der Waals surface area contributed by atoms with Gasteiger partial charge >= 0.3 is 5.97 Å². The van der Waals surface area contributed by atoms with Crippen molar-refractivity contribution in [2.24, 2.45) is 0 Å². The first-order valence-corrected chi connectivity index (χ1v) is 11.4. The highest BCUT2D eigenvalue weighted by molar-refractivity contribution is 5.90. The zero-order chi connectivity index (χ0) is 23.7. The number of hydrogen-bond acceptors (Lipinski definition) is 6. The Labute approximate surface area is 197 Å². The van der Waals surface area contributed by atoms with E-state index in [4.69, 9.17) is 9.72 Å². The number of methoxy groups -OCH3 is 1. The van der Waals surface area contributed by atoms with Crippen molar-refractivity contribution in [1.82, 2.24) is 14.9 Å². The molecule has 174 valence electrons. The molecule has 8 heteroatoms. The molecule has 8 nitrogen and oxygen atoms in total. The summed E-state index contributed by atoms with van der Waals surface area (Å²) in [6.45, 7) is 1.40. The van der Waals surface area contributed by atoms with Gasteiger partial charge in [-0.05, 0) is 35.6 Å². The summed E-state index contributed by atoms with van der Waals surface area (Å²) in [6, 6.07) is 14.9. The van der Waals surface area contributed by atoms with E-state index in [2.05, 4.69) is 16.4 Å². The van der Waals surface area contributed by atoms with Gasteiger partial charge in [-0.25, -0.2) is 9.97 Å². The van der Waals surface area contributed by atoms with Crippen molar-refractivity contribution in [3.05, 3.63) is 71.4 Å². The summed E-state index contributed by atoms with van der Waals surface area (Å²) in [5.41, 5.74) is 4.74. The first kappa shape index (κ1) is 21.9. The number of nitrogens with one attached hydrogen (secondary N) is 1. The SMILES string of the molecule is COc1ccc(C(CC(=O)O)N2CC(c3ccc(-c4ccc5c(n4)NCCC5)cc3)C2=O)cn1. The zero-order valence-electron chi connectivity index (χ0n) is 18.9. The van der Waals surface area contributed by atoms with Crippen molar-refractivity contribution < 1.29 is 19.4 Å². The van der Waals surface area contributed by atoms with Gasteiger partial charge in [0.15, 0.2) is 0 Å². The molecule has 34 heavy (non-hydrogen) atoms. The van der Waals surface area contributed by atoms with Gasteiger partial charge < -0.3 is 20.1 Å². The summed E-state index contributed by atoms with van der Waals surface area (Å²) in [4.78, 5) is 35.1. The van der Waals surface area contributed by atoms with Crippen LogP contribution in [0.25, 0.3) is 11.3 Å². The van der Waals surface area contributed by atoms with Crippen molar-refractivity contribution in [1.29, 1.82) is 0 Å². The quantitative estimate of drug-likeness (QED) is 0.521. The molecule has 2 atom stereocenters. The minimum Gasteiger partial charge on any atom is -0.481 e. The van der Waals surface area contributed by atoms with Gasteiger partial charge in [-0.2, -0.15) is 0 Å².